The van der Waals surface area contributed by atoms with E-state index in [2.05, 4.69) is 16.0 Å². The molecule has 28 heavy (non-hydrogen) atoms. The predicted octanol–water partition coefficient (Wildman–Crippen LogP) is 3.16. The van der Waals surface area contributed by atoms with Crippen molar-refractivity contribution in [3.05, 3.63) is 69.2 Å². The summed E-state index contributed by atoms with van der Waals surface area (Å²) in [7, 11) is 0. The van der Waals surface area contributed by atoms with E-state index >= 15 is 0 Å². The summed E-state index contributed by atoms with van der Waals surface area (Å²) in [5.74, 6) is 0.475. The minimum absolute atomic E-state index is 0.0638. The highest BCUT2D eigenvalue weighted by Crippen LogP contribution is 2.14. The van der Waals surface area contributed by atoms with E-state index in [0.717, 1.165) is 17.0 Å². The molecule has 0 bridgehead atoms. The van der Waals surface area contributed by atoms with Crippen LogP contribution < -0.4 is 20.8 Å². The molecular formula is C19H20N4O4S. The van der Waals surface area contributed by atoms with Gasteiger partial charge in [-0.05, 0) is 43.3 Å². The summed E-state index contributed by atoms with van der Waals surface area (Å²) in [6, 6.07) is 9.94. The Balaban J connectivity index is 1.45. The van der Waals surface area contributed by atoms with Crippen molar-refractivity contribution in [2.45, 2.75) is 26.4 Å². The van der Waals surface area contributed by atoms with Gasteiger partial charge in [0.05, 0.1) is 12.8 Å². The number of aromatic nitrogens is 1. The van der Waals surface area contributed by atoms with Gasteiger partial charge in [-0.3, -0.25) is 9.59 Å². The number of rotatable bonds is 7. The standard InChI is InChI=1S/C19H20N4O4S/c1-13-12-28-19(26)23(13)9-8-17(24)21-14-4-6-15(7-5-14)22-18(25)20-11-16-3-2-10-27-16/h2-7,10,12H,8-9,11H2,1H3,(H,21,24)(H2,20,22,25). The van der Waals surface area contributed by atoms with Crippen molar-refractivity contribution in [2.75, 3.05) is 10.6 Å². The quantitative estimate of drug-likeness (QED) is 0.566. The van der Waals surface area contributed by atoms with Crippen LogP contribution in [0.1, 0.15) is 17.9 Å². The Morgan fingerprint density at radius 3 is 2.43 bits per heavy atom. The number of urea groups is 1. The van der Waals surface area contributed by atoms with Gasteiger partial charge in [0.25, 0.3) is 0 Å². The maximum atomic E-state index is 12.1. The van der Waals surface area contributed by atoms with E-state index < -0.39 is 0 Å². The molecule has 3 N–H and O–H groups in total. The maximum absolute atomic E-state index is 12.1. The van der Waals surface area contributed by atoms with Gasteiger partial charge in [0, 0.05) is 35.4 Å². The molecule has 0 saturated carbocycles. The molecule has 0 saturated heterocycles. The highest BCUT2D eigenvalue weighted by Gasteiger charge is 2.08. The fraction of sp³-hybridized carbons (Fsp3) is 0.211. The lowest BCUT2D eigenvalue weighted by atomic mass is 10.2. The number of thiazole rings is 1. The number of furan rings is 1. The third-order valence-electron chi connectivity index (χ3n) is 3.97. The highest BCUT2D eigenvalue weighted by atomic mass is 32.1. The molecule has 0 atom stereocenters. The first-order chi connectivity index (χ1) is 13.5. The summed E-state index contributed by atoms with van der Waals surface area (Å²) in [6.07, 6.45) is 1.74. The molecule has 0 aliphatic rings. The molecule has 0 spiro atoms. The molecule has 0 radical (unpaired) electrons. The lowest BCUT2D eigenvalue weighted by molar-refractivity contribution is -0.116. The molecule has 0 aliphatic carbocycles. The molecule has 2 aromatic heterocycles. The monoisotopic (exact) mass is 400 g/mol. The first kappa shape index (κ1) is 19.4. The van der Waals surface area contributed by atoms with Gasteiger partial charge in [-0.15, -0.1) is 0 Å². The Bertz CT molecular complexity index is 990. The molecular weight excluding hydrogens is 380 g/mol. The summed E-state index contributed by atoms with van der Waals surface area (Å²) in [4.78, 5) is 35.5. The Hall–Kier alpha value is -3.33. The van der Waals surface area contributed by atoms with E-state index in [9.17, 15) is 14.4 Å². The van der Waals surface area contributed by atoms with E-state index in [1.807, 2.05) is 6.92 Å². The molecule has 2 heterocycles. The molecule has 0 aliphatic heterocycles. The summed E-state index contributed by atoms with van der Waals surface area (Å²) in [5.41, 5.74) is 2.06. The van der Waals surface area contributed by atoms with Crippen LogP contribution >= 0.6 is 11.3 Å². The minimum atomic E-state index is -0.357. The van der Waals surface area contributed by atoms with E-state index in [4.69, 9.17) is 4.42 Å². The van der Waals surface area contributed by atoms with Crippen molar-refractivity contribution in [2.24, 2.45) is 0 Å². The second-order valence-electron chi connectivity index (χ2n) is 6.06. The van der Waals surface area contributed by atoms with Crippen molar-refractivity contribution < 1.29 is 14.0 Å². The minimum Gasteiger partial charge on any atom is -0.467 e. The van der Waals surface area contributed by atoms with Crippen LogP contribution in [0.25, 0.3) is 0 Å². The number of benzene rings is 1. The summed E-state index contributed by atoms with van der Waals surface area (Å²) in [6.45, 7) is 2.47. The number of anilines is 2. The lowest BCUT2D eigenvalue weighted by Gasteiger charge is -2.09. The Morgan fingerprint density at radius 2 is 1.82 bits per heavy atom. The van der Waals surface area contributed by atoms with Crippen LogP contribution in [0.15, 0.2) is 57.3 Å². The SMILES string of the molecule is Cc1csc(=O)n1CCC(=O)Nc1ccc(NC(=O)NCc2ccco2)cc1. The second-order valence-corrected chi connectivity index (χ2v) is 6.88. The number of nitrogens with one attached hydrogen (secondary N) is 3. The predicted molar refractivity (Wildman–Crippen MR) is 108 cm³/mol. The zero-order valence-electron chi connectivity index (χ0n) is 15.2. The lowest BCUT2D eigenvalue weighted by Crippen LogP contribution is -2.27. The molecule has 3 rings (SSSR count). The molecule has 0 unspecified atom stereocenters. The van der Waals surface area contributed by atoms with Crippen molar-refractivity contribution >= 4 is 34.6 Å². The van der Waals surface area contributed by atoms with Gasteiger partial charge in [-0.25, -0.2) is 4.79 Å². The molecule has 3 aromatic rings. The molecule has 0 fully saturated rings. The van der Waals surface area contributed by atoms with Crippen molar-refractivity contribution in [3.63, 3.8) is 0 Å². The number of nitrogens with zero attached hydrogens (tertiary/aromatic N) is 1. The average Bonchev–Trinajstić information content (AvgIpc) is 3.30. The van der Waals surface area contributed by atoms with Gasteiger partial charge in [0.2, 0.25) is 5.91 Å². The average molecular weight is 400 g/mol. The van der Waals surface area contributed by atoms with Crippen LogP contribution in [0.2, 0.25) is 0 Å². The summed E-state index contributed by atoms with van der Waals surface area (Å²) in [5, 5.41) is 9.93. The van der Waals surface area contributed by atoms with E-state index in [1.165, 1.54) is 0 Å². The number of carbonyl (C=O) groups is 2. The van der Waals surface area contributed by atoms with E-state index in [0.29, 0.717) is 30.2 Å². The zero-order chi connectivity index (χ0) is 19.9. The fourth-order valence-corrected chi connectivity index (χ4v) is 3.27. The zero-order valence-corrected chi connectivity index (χ0v) is 16.0. The van der Waals surface area contributed by atoms with Crippen molar-refractivity contribution in [1.29, 1.82) is 0 Å². The number of hydrogen-bond donors (Lipinski definition) is 3. The smallest absolute Gasteiger partial charge is 0.319 e. The second kappa shape index (κ2) is 9.05. The van der Waals surface area contributed by atoms with Gasteiger partial charge in [-0.2, -0.15) is 0 Å². The Labute approximate surface area is 165 Å². The molecule has 146 valence electrons. The number of aryl methyl sites for hydroxylation is 1. The third-order valence-corrected chi connectivity index (χ3v) is 4.85. The molecule has 9 heteroatoms. The number of carbonyl (C=O) groups excluding carboxylic acids is 2. The third kappa shape index (κ3) is 5.34. The summed E-state index contributed by atoms with van der Waals surface area (Å²) < 4.78 is 6.72. The van der Waals surface area contributed by atoms with Crippen LogP contribution in [0.5, 0.6) is 0 Å². The van der Waals surface area contributed by atoms with Gasteiger partial charge in [-0.1, -0.05) is 11.3 Å². The normalized spacial score (nSPS) is 10.5. The van der Waals surface area contributed by atoms with Crippen molar-refractivity contribution in [1.82, 2.24) is 9.88 Å². The first-order valence-corrected chi connectivity index (χ1v) is 9.51. The van der Waals surface area contributed by atoms with Crippen LogP contribution in [0.3, 0.4) is 0 Å². The molecule has 1 aromatic carbocycles. The molecule has 8 nitrogen and oxygen atoms in total. The van der Waals surface area contributed by atoms with Gasteiger partial charge in [0.1, 0.15) is 5.76 Å². The Morgan fingerprint density at radius 1 is 1.11 bits per heavy atom. The topological polar surface area (TPSA) is 105 Å². The van der Waals surface area contributed by atoms with Crippen molar-refractivity contribution in [3.8, 4) is 0 Å². The highest BCUT2D eigenvalue weighted by molar-refractivity contribution is 7.07. The van der Waals surface area contributed by atoms with Crippen LogP contribution in [-0.4, -0.2) is 16.5 Å². The van der Waals surface area contributed by atoms with E-state index in [-0.39, 0.29) is 23.2 Å². The van der Waals surface area contributed by atoms with Gasteiger partial charge < -0.3 is 24.9 Å². The molecule has 3 amide bonds. The maximum Gasteiger partial charge on any atom is 0.319 e. The van der Waals surface area contributed by atoms with Gasteiger partial charge >= 0.3 is 10.9 Å². The Kier molecular flexibility index (Phi) is 6.28. The first-order valence-electron chi connectivity index (χ1n) is 8.63. The van der Waals surface area contributed by atoms with E-state index in [1.54, 1.807) is 52.6 Å². The fourth-order valence-electron chi connectivity index (χ4n) is 2.50. The van der Waals surface area contributed by atoms with Crippen LogP contribution in [0, 0.1) is 6.92 Å². The van der Waals surface area contributed by atoms with Crippen LogP contribution in [0.4, 0.5) is 16.2 Å². The summed E-state index contributed by atoms with van der Waals surface area (Å²) >= 11 is 1.13. The number of amides is 3. The number of hydrogen-bond acceptors (Lipinski definition) is 5. The van der Waals surface area contributed by atoms with Crippen LogP contribution in [-0.2, 0) is 17.9 Å². The largest absolute Gasteiger partial charge is 0.467 e. The van der Waals surface area contributed by atoms with Gasteiger partial charge in [0.15, 0.2) is 0 Å².